The van der Waals surface area contributed by atoms with Gasteiger partial charge in [0, 0.05) is 12.1 Å². The largest absolute Gasteiger partial charge is 0.394 e. The van der Waals surface area contributed by atoms with Gasteiger partial charge in [0.2, 0.25) is 0 Å². The maximum atomic E-state index is 9.51. The van der Waals surface area contributed by atoms with Gasteiger partial charge in [-0.05, 0) is 50.5 Å². The summed E-state index contributed by atoms with van der Waals surface area (Å²) in [6, 6.07) is 0. The van der Waals surface area contributed by atoms with Gasteiger partial charge in [-0.25, -0.2) is 0 Å². The highest BCUT2D eigenvalue weighted by Gasteiger charge is 2.51. The summed E-state index contributed by atoms with van der Waals surface area (Å²) in [4.78, 5) is 2.57. The fourth-order valence-corrected chi connectivity index (χ4v) is 3.47. The van der Waals surface area contributed by atoms with Crippen molar-refractivity contribution in [1.82, 2.24) is 4.90 Å². The van der Waals surface area contributed by atoms with Gasteiger partial charge in [-0.15, -0.1) is 0 Å². The van der Waals surface area contributed by atoms with Crippen LogP contribution in [0.1, 0.15) is 32.1 Å². The smallest absolute Gasteiger partial charge is 0.0615 e. The number of aliphatic hydroxyl groups excluding tert-OH is 1. The maximum Gasteiger partial charge on any atom is 0.0615 e. The zero-order chi connectivity index (χ0) is 8.89. The van der Waals surface area contributed by atoms with Gasteiger partial charge in [-0.2, -0.15) is 0 Å². The van der Waals surface area contributed by atoms with Crippen molar-refractivity contribution in [3.63, 3.8) is 0 Å². The van der Waals surface area contributed by atoms with Crippen molar-refractivity contribution in [3.05, 3.63) is 0 Å². The van der Waals surface area contributed by atoms with E-state index >= 15 is 0 Å². The second-order valence-electron chi connectivity index (χ2n) is 5.23. The van der Waals surface area contributed by atoms with Crippen LogP contribution in [0.15, 0.2) is 0 Å². The molecule has 2 heteroatoms. The minimum Gasteiger partial charge on any atom is -0.394 e. The predicted octanol–water partition coefficient (Wildman–Crippen LogP) is 1.24. The molecule has 1 saturated carbocycles. The number of aliphatic hydroxyl groups is 1. The molecule has 1 aliphatic carbocycles. The Hall–Kier alpha value is -0.0800. The van der Waals surface area contributed by atoms with Crippen LogP contribution in [-0.4, -0.2) is 35.2 Å². The lowest BCUT2D eigenvalue weighted by Gasteiger charge is -2.29. The summed E-state index contributed by atoms with van der Waals surface area (Å²) in [7, 11) is 0. The minimum atomic E-state index is 0.229. The topological polar surface area (TPSA) is 23.5 Å². The molecule has 0 radical (unpaired) electrons. The summed E-state index contributed by atoms with van der Waals surface area (Å²) >= 11 is 0. The summed E-state index contributed by atoms with van der Waals surface area (Å²) in [5.74, 6) is 1.95. The van der Waals surface area contributed by atoms with E-state index in [1.54, 1.807) is 0 Å². The van der Waals surface area contributed by atoms with Gasteiger partial charge in [0.15, 0.2) is 0 Å². The molecule has 2 nitrogen and oxygen atoms in total. The monoisotopic (exact) mass is 181 g/mol. The molecule has 2 heterocycles. The normalized spacial score (nSPS) is 45.5. The van der Waals surface area contributed by atoms with E-state index in [0.29, 0.717) is 6.61 Å². The lowest BCUT2D eigenvalue weighted by Crippen LogP contribution is -2.41. The number of hydrogen-bond donors (Lipinski definition) is 1. The average Bonchev–Trinajstić information content (AvgIpc) is 2.79. The van der Waals surface area contributed by atoms with E-state index in [1.165, 1.54) is 45.2 Å². The summed E-state index contributed by atoms with van der Waals surface area (Å²) in [6.07, 6.45) is 6.75. The fraction of sp³-hybridized carbons (Fsp3) is 1.00. The van der Waals surface area contributed by atoms with Crippen molar-refractivity contribution >= 4 is 0 Å². The molecule has 3 rings (SSSR count). The summed E-state index contributed by atoms with van der Waals surface area (Å²) in [5, 5.41) is 9.51. The first kappa shape index (κ1) is 8.25. The molecule has 0 amide bonds. The molecule has 0 unspecified atom stereocenters. The van der Waals surface area contributed by atoms with Crippen LogP contribution in [0.25, 0.3) is 0 Å². The Labute approximate surface area is 79.9 Å². The lowest BCUT2D eigenvalue weighted by molar-refractivity contribution is 0.0997. The van der Waals surface area contributed by atoms with Gasteiger partial charge in [-0.1, -0.05) is 0 Å². The SMILES string of the molecule is OC[C@@]12CCCN1C[C@H](C1CC1)C2. The van der Waals surface area contributed by atoms with Gasteiger partial charge in [0.1, 0.15) is 0 Å². The van der Waals surface area contributed by atoms with Crippen molar-refractivity contribution in [2.75, 3.05) is 19.7 Å². The van der Waals surface area contributed by atoms with E-state index < -0.39 is 0 Å². The summed E-state index contributed by atoms with van der Waals surface area (Å²) in [6.45, 7) is 2.92. The van der Waals surface area contributed by atoms with Gasteiger partial charge in [0.05, 0.1) is 6.61 Å². The van der Waals surface area contributed by atoms with E-state index in [9.17, 15) is 5.11 Å². The van der Waals surface area contributed by atoms with E-state index in [2.05, 4.69) is 4.90 Å². The second kappa shape index (κ2) is 2.71. The Morgan fingerprint density at radius 1 is 1.31 bits per heavy atom. The lowest BCUT2D eigenvalue weighted by atomic mass is 9.89. The van der Waals surface area contributed by atoms with Gasteiger partial charge < -0.3 is 5.11 Å². The highest BCUT2D eigenvalue weighted by atomic mass is 16.3. The first-order valence-corrected chi connectivity index (χ1v) is 5.70. The van der Waals surface area contributed by atoms with Crippen LogP contribution in [0.2, 0.25) is 0 Å². The van der Waals surface area contributed by atoms with Crippen molar-refractivity contribution in [3.8, 4) is 0 Å². The van der Waals surface area contributed by atoms with Crippen LogP contribution >= 0.6 is 0 Å². The third kappa shape index (κ3) is 1.15. The van der Waals surface area contributed by atoms with Gasteiger partial charge in [0.25, 0.3) is 0 Å². The number of hydrogen-bond acceptors (Lipinski definition) is 2. The molecule has 1 N–H and O–H groups in total. The molecule has 2 saturated heterocycles. The molecule has 74 valence electrons. The molecule has 0 aromatic rings. The number of nitrogens with zero attached hydrogens (tertiary/aromatic N) is 1. The average molecular weight is 181 g/mol. The Balaban J connectivity index is 1.76. The van der Waals surface area contributed by atoms with Crippen molar-refractivity contribution in [2.45, 2.75) is 37.6 Å². The molecule has 3 aliphatic rings. The Morgan fingerprint density at radius 2 is 2.15 bits per heavy atom. The molecule has 2 aliphatic heterocycles. The minimum absolute atomic E-state index is 0.229. The van der Waals surface area contributed by atoms with Crippen LogP contribution in [0.3, 0.4) is 0 Å². The van der Waals surface area contributed by atoms with Gasteiger partial charge >= 0.3 is 0 Å². The number of fused-ring (bicyclic) bond motifs is 1. The molecule has 0 bridgehead atoms. The first-order chi connectivity index (χ1) is 6.34. The summed E-state index contributed by atoms with van der Waals surface area (Å²) in [5.41, 5.74) is 0.229. The zero-order valence-corrected chi connectivity index (χ0v) is 8.21. The van der Waals surface area contributed by atoms with E-state index in [0.717, 1.165) is 11.8 Å². The molecule has 3 fully saturated rings. The van der Waals surface area contributed by atoms with Crippen molar-refractivity contribution < 1.29 is 5.11 Å². The third-order valence-electron chi connectivity index (χ3n) is 4.42. The predicted molar refractivity (Wildman–Crippen MR) is 51.5 cm³/mol. The van der Waals surface area contributed by atoms with Crippen molar-refractivity contribution in [2.24, 2.45) is 11.8 Å². The molecule has 0 aromatic heterocycles. The van der Waals surface area contributed by atoms with E-state index in [-0.39, 0.29) is 5.54 Å². The quantitative estimate of drug-likeness (QED) is 0.693. The third-order valence-corrected chi connectivity index (χ3v) is 4.42. The fourth-order valence-electron chi connectivity index (χ4n) is 3.47. The highest BCUT2D eigenvalue weighted by Crippen LogP contribution is 2.49. The molecular weight excluding hydrogens is 162 g/mol. The molecule has 13 heavy (non-hydrogen) atoms. The van der Waals surface area contributed by atoms with Crippen molar-refractivity contribution in [1.29, 1.82) is 0 Å². The van der Waals surface area contributed by atoms with Gasteiger partial charge in [-0.3, -0.25) is 4.90 Å². The maximum absolute atomic E-state index is 9.51. The standard InChI is InChI=1S/C11H19NO/c13-8-11-4-1-5-12(11)7-10(6-11)9-2-3-9/h9-10,13H,1-8H2/t10-,11+/m1/s1. The molecule has 0 aromatic carbocycles. The molecule has 2 atom stereocenters. The zero-order valence-electron chi connectivity index (χ0n) is 8.21. The number of rotatable bonds is 2. The van der Waals surface area contributed by atoms with Crippen LogP contribution in [0.5, 0.6) is 0 Å². The Morgan fingerprint density at radius 3 is 2.77 bits per heavy atom. The summed E-state index contributed by atoms with van der Waals surface area (Å²) < 4.78 is 0. The first-order valence-electron chi connectivity index (χ1n) is 5.70. The van der Waals surface area contributed by atoms with E-state index in [1.807, 2.05) is 0 Å². The van der Waals surface area contributed by atoms with Crippen LogP contribution < -0.4 is 0 Å². The molecular formula is C11H19NO. The highest BCUT2D eigenvalue weighted by molar-refractivity contribution is 5.05. The van der Waals surface area contributed by atoms with E-state index in [4.69, 9.17) is 0 Å². The molecule has 0 spiro atoms. The van der Waals surface area contributed by atoms with Crippen LogP contribution in [0, 0.1) is 11.8 Å². The Kier molecular flexibility index (Phi) is 1.72. The van der Waals surface area contributed by atoms with Crippen LogP contribution in [0.4, 0.5) is 0 Å². The Bertz CT molecular complexity index is 214. The second-order valence-corrected chi connectivity index (χ2v) is 5.23. The van der Waals surface area contributed by atoms with Crippen LogP contribution in [-0.2, 0) is 0 Å².